The average Bonchev–Trinajstić information content (AvgIpc) is 2.65. The molecule has 0 bridgehead atoms. The van der Waals surface area contributed by atoms with E-state index in [1.165, 1.54) is 32.2 Å². The number of hydrogen-bond acceptors (Lipinski definition) is 2. The molecule has 1 fully saturated rings. The molecule has 1 saturated heterocycles. The summed E-state index contributed by atoms with van der Waals surface area (Å²) in [5, 5.41) is 0. The fraction of sp³-hybridized carbons (Fsp3) is 1.00. The molecule has 0 aromatic heterocycles. The lowest BCUT2D eigenvalue weighted by Crippen LogP contribution is -2.21. The third-order valence-corrected chi connectivity index (χ3v) is 3.36. The smallest absolute Gasteiger partial charge is 0.0991 e. The van der Waals surface area contributed by atoms with Gasteiger partial charge in [0.15, 0.2) is 0 Å². The maximum atomic E-state index is 5.30. The van der Waals surface area contributed by atoms with Crippen LogP contribution in [0.2, 0.25) is 0 Å². The minimum atomic E-state index is 0.543. The Morgan fingerprint density at radius 3 is 2.64 bits per heavy atom. The molecule has 1 aliphatic heterocycles. The molecule has 1 aliphatic rings. The van der Waals surface area contributed by atoms with Gasteiger partial charge in [-0.2, -0.15) is 0 Å². The molecule has 0 atom stereocenters. The van der Waals surface area contributed by atoms with Gasteiger partial charge in [-0.1, -0.05) is 33.6 Å². The maximum Gasteiger partial charge on any atom is 0.0991 e. The second kappa shape index (κ2) is 5.72. The minimum absolute atomic E-state index is 0.543. The van der Waals surface area contributed by atoms with E-state index >= 15 is 0 Å². The molecule has 0 aromatic carbocycles. The molecule has 0 radical (unpaired) electrons. The third-order valence-electron chi connectivity index (χ3n) is 3.36. The largest absolute Gasteiger partial charge is 0.365 e. The molecule has 14 heavy (non-hydrogen) atoms. The van der Waals surface area contributed by atoms with Crippen LogP contribution in [-0.4, -0.2) is 31.3 Å². The Balaban J connectivity index is 1.98. The number of rotatable bonds is 6. The van der Waals surface area contributed by atoms with E-state index < -0.39 is 0 Å². The summed E-state index contributed by atoms with van der Waals surface area (Å²) in [4.78, 5) is 2.40. The molecule has 0 saturated carbocycles. The predicted molar refractivity (Wildman–Crippen MR) is 60.3 cm³/mol. The summed E-state index contributed by atoms with van der Waals surface area (Å²) < 4.78 is 5.30. The van der Waals surface area contributed by atoms with E-state index in [4.69, 9.17) is 4.74 Å². The van der Waals surface area contributed by atoms with Crippen LogP contribution in [0, 0.1) is 5.41 Å². The highest BCUT2D eigenvalue weighted by molar-refractivity contribution is 4.67. The van der Waals surface area contributed by atoms with Gasteiger partial charge in [-0.15, -0.1) is 0 Å². The van der Waals surface area contributed by atoms with Gasteiger partial charge in [0, 0.05) is 13.1 Å². The zero-order valence-corrected chi connectivity index (χ0v) is 10.0. The van der Waals surface area contributed by atoms with Gasteiger partial charge in [-0.3, -0.25) is 4.90 Å². The van der Waals surface area contributed by atoms with Crippen LogP contribution in [0.5, 0.6) is 0 Å². The van der Waals surface area contributed by atoms with E-state index in [0.717, 1.165) is 19.9 Å². The number of unbranched alkanes of at least 4 members (excludes halogenated alkanes) is 1. The molecule has 2 heteroatoms. The Morgan fingerprint density at radius 1 is 1.29 bits per heavy atom. The van der Waals surface area contributed by atoms with Crippen molar-refractivity contribution in [2.75, 3.05) is 26.4 Å². The van der Waals surface area contributed by atoms with Crippen LogP contribution < -0.4 is 0 Å². The van der Waals surface area contributed by atoms with Crippen LogP contribution in [0.1, 0.15) is 46.5 Å². The maximum absolute atomic E-state index is 5.30. The van der Waals surface area contributed by atoms with Crippen LogP contribution in [0.15, 0.2) is 0 Å². The van der Waals surface area contributed by atoms with E-state index in [0.29, 0.717) is 5.41 Å². The lowest BCUT2D eigenvalue weighted by Gasteiger charge is -2.22. The van der Waals surface area contributed by atoms with Crippen LogP contribution in [0.4, 0.5) is 0 Å². The van der Waals surface area contributed by atoms with Crippen molar-refractivity contribution in [1.29, 1.82) is 0 Å². The van der Waals surface area contributed by atoms with Crippen molar-refractivity contribution in [3.05, 3.63) is 0 Å². The molecule has 2 nitrogen and oxygen atoms in total. The molecule has 0 spiro atoms. The average molecular weight is 199 g/mol. The summed E-state index contributed by atoms with van der Waals surface area (Å²) in [7, 11) is 0. The summed E-state index contributed by atoms with van der Waals surface area (Å²) in [6, 6.07) is 0. The van der Waals surface area contributed by atoms with Crippen molar-refractivity contribution in [3.63, 3.8) is 0 Å². The van der Waals surface area contributed by atoms with Crippen LogP contribution in [0.25, 0.3) is 0 Å². The summed E-state index contributed by atoms with van der Waals surface area (Å²) in [6.45, 7) is 11.2. The summed E-state index contributed by atoms with van der Waals surface area (Å²) in [5.41, 5.74) is 0.543. The van der Waals surface area contributed by atoms with Crippen molar-refractivity contribution in [1.82, 2.24) is 4.90 Å². The lowest BCUT2D eigenvalue weighted by molar-refractivity contribution is 0.138. The zero-order valence-electron chi connectivity index (χ0n) is 10.0. The Hall–Kier alpha value is -0.0800. The van der Waals surface area contributed by atoms with E-state index in [2.05, 4.69) is 25.7 Å². The monoisotopic (exact) mass is 199 g/mol. The Bertz CT molecular complexity index is 150. The number of nitrogens with zero attached hydrogens (tertiary/aromatic N) is 1. The fourth-order valence-corrected chi connectivity index (χ4v) is 1.74. The first-order chi connectivity index (χ1) is 6.64. The van der Waals surface area contributed by atoms with E-state index in [1.807, 2.05) is 0 Å². The predicted octanol–water partition coefficient (Wildman–Crippen LogP) is 2.88. The first-order valence-electron chi connectivity index (χ1n) is 5.94. The minimum Gasteiger partial charge on any atom is -0.365 e. The van der Waals surface area contributed by atoms with Crippen molar-refractivity contribution in [2.45, 2.75) is 46.5 Å². The van der Waals surface area contributed by atoms with Crippen LogP contribution >= 0.6 is 0 Å². The van der Waals surface area contributed by atoms with Crippen LogP contribution in [-0.2, 0) is 4.74 Å². The quantitative estimate of drug-likeness (QED) is 0.610. The topological polar surface area (TPSA) is 12.5 Å². The van der Waals surface area contributed by atoms with Gasteiger partial charge in [-0.05, 0) is 18.3 Å². The molecule has 0 N–H and O–H groups in total. The molecule has 1 heterocycles. The highest BCUT2D eigenvalue weighted by Crippen LogP contribution is 2.26. The lowest BCUT2D eigenvalue weighted by atomic mass is 9.85. The van der Waals surface area contributed by atoms with Crippen molar-refractivity contribution in [3.8, 4) is 0 Å². The molecule has 0 aromatic rings. The van der Waals surface area contributed by atoms with Crippen molar-refractivity contribution < 1.29 is 4.74 Å². The summed E-state index contributed by atoms with van der Waals surface area (Å²) >= 11 is 0. The Labute approximate surface area is 88.6 Å². The van der Waals surface area contributed by atoms with Gasteiger partial charge < -0.3 is 4.74 Å². The number of hydrogen-bond donors (Lipinski definition) is 0. The van der Waals surface area contributed by atoms with Gasteiger partial charge in [0.1, 0.15) is 0 Å². The van der Waals surface area contributed by atoms with E-state index in [9.17, 15) is 0 Å². The first kappa shape index (κ1) is 12.0. The second-order valence-electron chi connectivity index (χ2n) is 5.13. The molecule has 0 amide bonds. The van der Waals surface area contributed by atoms with Gasteiger partial charge >= 0.3 is 0 Å². The van der Waals surface area contributed by atoms with Gasteiger partial charge in [0.2, 0.25) is 0 Å². The zero-order chi connectivity index (χ0) is 10.4. The van der Waals surface area contributed by atoms with Gasteiger partial charge in [-0.25, -0.2) is 0 Å². The molecular formula is C12H25NO. The van der Waals surface area contributed by atoms with Gasteiger partial charge in [0.25, 0.3) is 0 Å². The fourth-order valence-electron chi connectivity index (χ4n) is 1.74. The third kappa shape index (κ3) is 4.43. The summed E-state index contributed by atoms with van der Waals surface area (Å²) in [5.74, 6) is 0. The SMILES string of the molecule is CCC(C)(C)CCCCN1CCOC1. The Morgan fingerprint density at radius 2 is 2.07 bits per heavy atom. The highest BCUT2D eigenvalue weighted by Gasteiger charge is 2.15. The highest BCUT2D eigenvalue weighted by atomic mass is 16.5. The van der Waals surface area contributed by atoms with Crippen molar-refractivity contribution in [2.24, 2.45) is 5.41 Å². The summed E-state index contributed by atoms with van der Waals surface area (Å²) in [6.07, 6.45) is 5.34. The van der Waals surface area contributed by atoms with E-state index in [-0.39, 0.29) is 0 Å². The molecule has 0 unspecified atom stereocenters. The van der Waals surface area contributed by atoms with Crippen LogP contribution in [0.3, 0.4) is 0 Å². The normalized spacial score (nSPS) is 19.1. The van der Waals surface area contributed by atoms with Crippen molar-refractivity contribution >= 4 is 0 Å². The first-order valence-corrected chi connectivity index (χ1v) is 5.94. The van der Waals surface area contributed by atoms with Gasteiger partial charge in [0.05, 0.1) is 13.3 Å². The second-order valence-corrected chi connectivity index (χ2v) is 5.13. The number of ether oxygens (including phenoxy) is 1. The molecule has 0 aliphatic carbocycles. The molecule has 1 rings (SSSR count). The standard InChI is InChI=1S/C12H25NO/c1-4-12(2,3)7-5-6-8-13-9-10-14-11-13/h4-11H2,1-3H3. The Kier molecular flexibility index (Phi) is 4.90. The molecule has 84 valence electrons. The van der Waals surface area contributed by atoms with E-state index in [1.54, 1.807) is 0 Å². The molecular weight excluding hydrogens is 174 g/mol.